The number of nitrogens with zero attached hydrogens (tertiary/aromatic N) is 3. The van der Waals surface area contributed by atoms with Crippen LogP contribution < -0.4 is 5.56 Å². The molecule has 21 heavy (non-hydrogen) atoms. The maximum Gasteiger partial charge on any atom is 0.258 e. The van der Waals surface area contributed by atoms with Gasteiger partial charge in [-0.15, -0.1) is 0 Å². The zero-order valence-corrected chi connectivity index (χ0v) is 13.3. The number of piperidine rings is 1. The Labute approximate surface area is 131 Å². The molecule has 3 rings (SSSR count). The van der Waals surface area contributed by atoms with Crippen molar-refractivity contribution in [2.45, 2.75) is 31.8 Å². The summed E-state index contributed by atoms with van der Waals surface area (Å²) in [4.78, 5) is 19.0. The second-order valence-electron chi connectivity index (χ2n) is 5.46. The maximum atomic E-state index is 12.2. The van der Waals surface area contributed by atoms with Crippen molar-refractivity contribution in [3.05, 3.63) is 44.9 Å². The number of aliphatic hydroxyl groups excluding tert-OH is 1. The average Bonchev–Trinajstić information content (AvgIpc) is 2.49. The van der Waals surface area contributed by atoms with Crippen molar-refractivity contribution < 1.29 is 5.11 Å². The van der Waals surface area contributed by atoms with Crippen LogP contribution in [0.15, 0.2) is 33.7 Å². The first kappa shape index (κ1) is 14.7. The number of pyridine rings is 1. The SMILES string of the molecule is O=c1cc(CN2CCCCC2CO)nc2ccc(Br)cn12. The molecule has 1 fully saturated rings. The van der Waals surface area contributed by atoms with Crippen LogP contribution in [0.3, 0.4) is 0 Å². The molecule has 2 aromatic heterocycles. The zero-order chi connectivity index (χ0) is 14.8. The Morgan fingerprint density at radius 3 is 3.05 bits per heavy atom. The van der Waals surface area contributed by atoms with Gasteiger partial charge in [-0.1, -0.05) is 6.42 Å². The summed E-state index contributed by atoms with van der Waals surface area (Å²) < 4.78 is 2.39. The summed E-state index contributed by atoms with van der Waals surface area (Å²) >= 11 is 3.36. The van der Waals surface area contributed by atoms with Crippen molar-refractivity contribution in [1.82, 2.24) is 14.3 Å². The topological polar surface area (TPSA) is 57.8 Å². The lowest BCUT2D eigenvalue weighted by Crippen LogP contribution is -2.41. The molecule has 0 radical (unpaired) electrons. The summed E-state index contributed by atoms with van der Waals surface area (Å²) in [5.41, 5.74) is 1.34. The molecule has 0 saturated carbocycles. The molecule has 1 N–H and O–H groups in total. The summed E-state index contributed by atoms with van der Waals surface area (Å²) in [6, 6.07) is 5.48. The highest BCUT2D eigenvalue weighted by molar-refractivity contribution is 9.10. The predicted molar refractivity (Wildman–Crippen MR) is 84.3 cm³/mol. The highest BCUT2D eigenvalue weighted by atomic mass is 79.9. The summed E-state index contributed by atoms with van der Waals surface area (Å²) in [5.74, 6) is 0. The Bertz CT molecular complexity index is 701. The molecule has 6 heteroatoms. The Morgan fingerprint density at radius 2 is 2.24 bits per heavy atom. The third-order valence-corrected chi connectivity index (χ3v) is 4.47. The number of aromatic nitrogens is 2. The molecule has 2 aromatic rings. The van der Waals surface area contributed by atoms with Gasteiger partial charge in [0.15, 0.2) is 0 Å². The van der Waals surface area contributed by atoms with Crippen molar-refractivity contribution in [3.63, 3.8) is 0 Å². The minimum Gasteiger partial charge on any atom is -0.395 e. The van der Waals surface area contributed by atoms with Gasteiger partial charge >= 0.3 is 0 Å². The van der Waals surface area contributed by atoms with E-state index in [-0.39, 0.29) is 18.2 Å². The van der Waals surface area contributed by atoms with E-state index in [0.29, 0.717) is 12.2 Å². The molecule has 0 aliphatic carbocycles. The number of halogens is 1. The fraction of sp³-hybridized carbons (Fsp3) is 0.467. The van der Waals surface area contributed by atoms with E-state index in [0.717, 1.165) is 36.0 Å². The first-order chi connectivity index (χ1) is 10.2. The number of likely N-dealkylation sites (tertiary alicyclic amines) is 1. The first-order valence-corrected chi connectivity index (χ1v) is 7.99. The number of fused-ring (bicyclic) bond motifs is 1. The molecular formula is C15H18BrN3O2. The highest BCUT2D eigenvalue weighted by Crippen LogP contribution is 2.18. The van der Waals surface area contributed by atoms with Gasteiger partial charge in [0, 0.05) is 29.3 Å². The minimum absolute atomic E-state index is 0.0751. The van der Waals surface area contributed by atoms with Crippen LogP contribution >= 0.6 is 15.9 Å². The molecule has 0 amide bonds. The smallest absolute Gasteiger partial charge is 0.258 e. The minimum atomic E-state index is -0.0751. The Morgan fingerprint density at radius 1 is 1.38 bits per heavy atom. The zero-order valence-electron chi connectivity index (χ0n) is 11.7. The van der Waals surface area contributed by atoms with Gasteiger partial charge in [-0.3, -0.25) is 14.1 Å². The normalized spacial score (nSPS) is 20.0. The van der Waals surface area contributed by atoms with Gasteiger partial charge < -0.3 is 5.11 Å². The fourth-order valence-corrected chi connectivity index (χ4v) is 3.23. The molecule has 1 aliphatic heterocycles. The van der Waals surface area contributed by atoms with Crippen molar-refractivity contribution in [3.8, 4) is 0 Å². The Hall–Kier alpha value is -1.24. The van der Waals surface area contributed by atoms with Gasteiger partial charge in [0.1, 0.15) is 5.65 Å². The van der Waals surface area contributed by atoms with Crippen LogP contribution in [0.1, 0.15) is 25.0 Å². The second kappa shape index (κ2) is 6.25. The first-order valence-electron chi connectivity index (χ1n) is 7.20. The second-order valence-corrected chi connectivity index (χ2v) is 6.38. The number of hydrogen-bond donors (Lipinski definition) is 1. The van der Waals surface area contributed by atoms with Crippen LogP contribution in [0.4, 0.5) is 0 Å². The van der Waals surface area contributed by atoms with E-state index in [1.807, 2.05) is 12.1 Å². The molecule has 1 aliphatic rings. The third-order valence-electron chi connectivity index (χ3n) is 4.00. The van der Waals surface area contributed by atoms with Crippen LogP contribution in [0.5, 0.6) is 0 Å². The Kier molecular flexibility index (Phi) is 4.37. The summed E-state index contributed by atoms with van der Waals surface area (Å²) in [6.07, 6.45) is 5.03. The van der Waals surface area contributed by atoms with Crippen LogP contribution in [-0.2, 0) is 6.54 Å². The van der Waals surface area contributed by atoms with Crippen molar-refractivity contribution in [1.29, 1.82) is 0 Å². The molecule has 0 aromatic carbocycles. The van der Waals surface area contributed by atoms with Crippen LogP contribution in [0, 0.1) is 0 Å². The predicted octanol–water partition coefficient (Wildman–Crippen LogP) is 1.80. The van der Waals surface area contributed by atoms with Gasteiger partial charge in [-0.25, -0.2) is 4.98 Å². The van der Waals surface area contributed by atoms with E-state index in [1.165, 1.54) is 4.40 Å². The van der Waals surface area contributed by atoms with Crippen LogP contribution in [0.25, 0.3) is 5.65 Å². The van der Waals surface area contributed by atoms with Gasteiger partial charge in [0.25, 0.3) is 5.56 Å². The largest absolute Gasteiger partial charge is 0.395 e. The van der Waals surface area contributed by atoms with E-state index in [4.69, 9.17) is 0 Å². The van der Waals surface area contributed by atoms with E-state index in [9.17, 15) is 9.90 Å². The highest BCUT2D eigenvalue weighted by Gasteiger charge is 2.22. The lowest BCUT2D eigenvalue weighted by molar-refractivity contribution is 0.0831. The maximum absolute atomic E-state index is 12.2. The van der Waals surface area contributed by atoms with Gasteiger partial charge in [0.2, 0.25) is 0 Å². The molecular weight excluding hydrogens is 334 g/mol. The summed E-state index contributed by atoms with van der Waals surface area (Å²) in [5, 5.41) is 9.46. The van der Waals surface area contributed by atoms with Gasteiger partial charge in [0.05, 0.1) is 12.3 Å². The van der Waals surface area contributed by atoms with E-state index < -0.39 is 0 Å². The van der Waals surface area contributed by atoms with Gasteiger partial charge in [-0.2, -0.15) is 0 Å². The lowest BCUT2D eigenvalue weighted by Gasteiger charge is -2.34. The molecule has 3 heterocycles. The monoisotopic (exact) mass is 351 g/mol. The van der Waals surface area contributed by atoms with Gasteiger partial charge in [-0.05, 0) is 47.4 Å². The van der Waals surface area contributed by atoms with E-state index in [1.54, 1.807) is 12.3 Å². The Balaban J connectivity index is 1.90. The molecule has 1 saturated heterocycles. The lowest BCUT2D eigenvalue weighted by atomic mass is 10.0. The third kappa shape index (κ3) is 3.17. The van der Waals surface area contributed by atoms with Crippen molar-refractivity contribution in [2.24, 2.45) is 0 Å². The van der Waals surface area contributed by atoms with Crippen LogP contribution in [-0.4, -0.2) is 38.6 Å². The molecule has 0 bridgehead atoms. The van der Waals surface area contributed by atoms with Crippen molar-refractivity contribution in [2.75, 3.05) is 13.2 Å². The van der Waals surface area contributed by atoms with E-state index >= 15 is 0 Å². The quantitative estimate of drug-likeness (QED) is 0.915. The number of hydrogen-bond acceptors (Lipinski definition) is 4. The fourth-order valence-electron chi connectivity index (χ4n) is 2.89. The molecule has 5 nitrogen and oxygen atoms in total. The molecule has 0 spiro atoms. The standard InChI is InChI=1S/C15H18BrN3O2/c16-11-4-5-14-17-12(7-15(21)19(14)8-11)9-18-6-2-1-3-13(18)10-20/h4-5,7-8,13,20H,1-3,6,9-10H2. The molecule has 112 valence electrons. The summed E-state index contributed by atoms with van der Waals surface area (Å²) in [7, 11) is 0. The van der Waals surface area contributed by atoms with E-state index in [2.05, 4.69) is 25.8 Å². The molecule has 1 unspecified atom stereocenters. The number of aliphatic hydroxyl groups is 1. The molecule has 1 atom stereocenters. The summed E-state index contributed by atoms with van der Waals surface area (Å²) in [6.45, 7) is 1.74. The van der Waals surface area contributed by atoms with Crippen LogP contribution in [0.2, 0.25) is 0 Å². The average molecular weight is 352 g/mol. The number of rotatable bonds is 3. The van der Waals surface area contributed by atoms with Crippen molar-refractivity contribution >= 4 is 21.6 Å².